The number of hydrogen-bond acceptors (Lipinski definition) is 4. The predicted molar refractivity (Wildman–Crippen MR) is 75.7 cm³/mol. The quantitative estimate of drug-likeness (QED) is 0.828. The molecule has 3 nitrogen and oxygen atoms in total. The van der Waals surface area contributed by atoms with Crippen LogP contribution in [0.2, 0.25) is 0 Å². The molecule has 2 heterocycles. The summed E-state index contributed by atoms with van der Waals surface area (Å²) in [4.78, 5) is 11.1. The van der Waals surface area contributed by atoms with Gasteiger partial charge in [-0.15, -0.1) is 11.3 Å². The van der Waals surface area contributed by atoms with Gasteiger partial charge in [0.25, 0.3) is 0 Å². The van der Waals surface area contributed by atoms with E-state index in [-0.39, 0.29) is 0 Å². The molecule has 0 aliphatic heterocycles. The van der Waals surface area contributed by atoms with Gasteiger partial charge in [0, 0.05) is 35.9 Å². The number of pyridine rings is 1. The molecular weight excluding hydrogens is 242 g/mol. The Morgan fingerprint density at radius 1 is 1.33 bits per heavy atom. The molecule has 4 heteroatoms. The minimum atomic E-state index is 0.461. The van der Waals surface area contributed by atoms with Crippen molar-refractivity contribution in [3.63, 3.8) is 0 Å². The van der Waals surface area contributed by atoms with Crippen molar-refractivity contribution in [2.45, 2.75) is 32.9 Å². The highest BCUT2D eigenvalue weighted by atomic mass is 32.1. The molecule has 1 unspecified atom stereocenters. The average Bonchev–Trinajstić information content (AvgIpc) is 2.81. The van der Waals surface area contributed by atoms with Crippen molar-refractivity contribution in [3.8, 4) is 0 Å². The van der Waals surface area contributed by atoms with Crippen molar-refractivity contribution < 1.29 is 0 Å². The third-order valence-corrected chi connectivity index (χ3v) is 3.86. The van der Waals surface area contributed by atoms with E-state index < -0.39 is 0 Å². The average molecular weight is 261 g/mol. The van der Waals surface area contributed by atoms with E-state index in [1.807, 2.05) is 23.8 Å². The van der Waals surface area contributed by atoms with Crippen molar-refractivity contribution in [1.82, 2.24) is 14.9 Å². The molecule has 0 aliphatic rings. The minimum absolute atomic E-state index is 0.461. The fourth-order valence-electron chi connectivity index (χ4n) is 1.87. The maximum atomic E-state index is 4.42. The van der Waals surface area contributed by atoms with Gasteiger partial charge >= 0.3 is 0 Å². The minimum Gasteiger partial charge on any atom is -0.297 e. The smallest absolute Gasteiger partial charge is 0.107 e. The van der Waals surface area contributed by atoms with Gasteiger partial charge in [-0.25, -0.2) is 4.98 Å². The molecule has 0 spiro atoms. The van der Waals surface area contributed by atoms with Gasteiger partial charge in [-0.1, -0.05) is 0 Å². The van der Waals surface area contributed by atoms with E-state index in [4.69, 9.17) is 0 Å². The fourth-order valence-corrected chi connectivity index (χ4v) is 2.55. The van der Waals surface area contributed by atoms with Crippen LogP contribution in [0.15, 0.2) is 29.9 Å². The summed E-state index contributed by atoms with van der Waals surface area (Å²) in [6.07, 6.45) is 4.72. The van der Waals surface area contributed by atoms with E-state index in [0.29, 0.717) is 6.04 Å². The van der Waals surface area contributed by atoms with Gasteiger partial charge in [0.1, 0.15) is 5.01 Å². The molecule has 0 aromatic carbocycles. The van der Waals surface area contributed by atoms with Crippen LogP contribution in [0.5, 0.6) is 0 Å². The van der Waals surface area contributed by atoms with Crippen LogP contribution in [0.1, 0.15) is 23.2 Å². The van der Waals surface area contributed by atoms with E-state index >= 15 is 0 Å². The molecule has 0 saturated heterocycles. The van der Waals surface area contributed by atoms with Gasteiger partial charge in [0.05, 0.1) is 6.54 Å². The lowest BCUT2D eigenvalue weighted by Crippen LogP contribution is -2.30. The molecule has 96 valence electrons. The van der Waals surface area contributed by atoms with Gasteiger partial charge in [-0.3, -0.25) is 9.88 Å². The zero-order valence-electron chi connectivity index (χ0n) is 11.1. The van der Waals surface area contributed by atoms with Crippen LogP contribution in [0.25, 0.3) is 0 Å². The lowest BCUT2D eigenvalue weighted by atomic mass is 10.1. The van der Waals surface area contributed by atoms with Gasteiger partial charge in [-0.2, -0.15) is 0 Å². The van der Waals surface area contributed by atoms with E-state index in [1.54, 1.807) is 11.3 Å². The van der Waals surface area contributed by atoms with E-state index in [0.717, 1.165) is 18.7 Å². The Morgan fingerprint density at radius 3 is 2.83 bits per heavy atom. The molecule has 0 saturated carbocycles. The number of thiazole rings is 1. The van der Waals surface area contributed by atoms with Crippen molar-refractivity contribution >= 4 is 11.3 Å². The maximum absolute atomic E-state index is 4.42. The monoisotopic (exact) mass is 261 g/mol. The summed E-state index contributed by atoms with van der Waals surface area (Å²) in [6, 6.07) is 4.66. The van der Waals surface area contributed by atoms with Crippen molar-refractivity contribution in [3.05, 3.63) is 46.2 Å². The normalized spacial score (nSPS) is 12.9. The van der Waals surface area contributed by atoms with Crippen LogP contribution in [-0.2, 0) is 13.0 Å². The third kappa shape index (κ3) is 3.62. The zero-order chi connectivity index (χ0) is 13.0. The first-order valence-electron chi connectivity index (χ1n) is 6.15. The van der Waals surface area contributed by atoms with Crippen LogP contribution in [0, 0.1) is 6.92 Å². The highest BCUT2D eigenvalue weighted by Gasteiger charge is 2.12. The van der Waals surface area contributed by atoms with Gasteiger partial charge in [0.2, 0.25) is 0 Å². The summed E-state index contributed by atoms with van der Waals surface area (Å²) in [5.41, 5.74) is 2.43. The first kappa shape index (κ1) is 13.2. The molecule has 2 rings (SSSR count). The topological polar surface area (TPSA) is 29.0 Å². The van der Waals surface area contributed by atoms with E-state index in [1.165, 1.54) is 10.6 Å². The Kier molecular flexibility index (Phi) is 4.44. The summed E-state index contributed by atoms with van der Waals surface area (Å²) in [7, 11) is 2.14. The number of likely N-dealkylation sites (N-methyl/N-ethyl adjacent to an activating group) is 1. The summed E-state index contributed by atoms with van der Waals surface area (Å²) in [5.74, 6) is 0. The van der Waals surface area contributed by atoms with Crippen LogP contribution in [0.3, 0.4) is 0 Å². The second-order valence-corrected chi connectivity index (χ2v) is 5.70. The highest BCUT2D eigenvalue weighted by molar-refractivity contribution is 7.09. The standard InChI is InChI=1S/C14H19N3S/c1-11-4-5-15-13(8-11)9-12(2)17(3)10-14-16-6-7-18-14/h4-8,12H,9-10H2,1-3H3. The highest BCUT2D eigenvalue weighted by Crippen LogP contribution is 2.12. The molecule has 0 radical (unpaired) electrons. The van der Waals surface area contributed by atoms with Crippen molar-refractivity contribution in [2.75, 3.05) is 7.05 Å². The Balaban J connectivity index is 1.93. The summed E-state index contributed by atoms with van der Waals surface area (Å²) in [6.45, 7) is 5.25. The van der Waals surface area contributed by atoms with Crippen LogP contribution in [0.4, 0.5) is 0 Å². The predicted octanol–water partition coefficient (Wildman–Crippen LogP) is 2.91. The van der Waals surface area contributed by atoms with Gasteiger partial charge < -0.3 is 0 Å². The first-order valence-corrected chi connectivity index (χ1v) is 7.03. The lowest BCUT2D eigenvalue weighted by Gasteiger charge is -2.23. The second kappa shape index (κ2) is 6.07. The molecule has 0 aliphatic carbocycles. The van der Waals surface area contributed by atoms with Crippen LogP contribution in [-0.4, -0.2) is 28.0 Å². The molecule has 1 atom stereocenters. The molecule has 0 amide bonds. The Bertz CT molecular complexity index is 482. The van der Waals surface area contributed by atoms with Crippen molar-refractivity contribution in [1.29, 1.82) is 0 Å². The van der Waals surface area contributed by atoms with Gasteiger partial charge in [0.15, 0.2) is 0 Å². The first-order chi connectivity index (χ1) is 8.65. The van der Waals surface area contributed by atoms with Gasteiger partial charge in [-0.05, 0) is 38.6 Å². The number of aromatic nitrogens is 2. The van der Waals surface area contributed by atoms with Crippen LogP contribution < -0.4 is 0 Å². The summed E-state index contributed by atoms with van der Waals surface area (Å²) in [5, 5.41) is 3.19. The summed E-state index contributed by atoms with van der Waals surface area (Å²) < 4.78 is 0. The number of rotatable bonds is 5. The third-order valence-electron chi connectivity index (χ3n) is 3.10. The number of nitrogens with zero attached hydrogens (tertiary/aromatic N) is 3. The fraction of sp³-hybridized carbons (Fsp3) is 0.429. The molecule has 0 N–H and O–H groups in total. The number of aryl methyl sites for hydroxylation is 1. The van der Waals surface area contributed by atoms with E-state index in [2.05, 4.69) is 41.8 Å². The van der Waals surface area contributed by atoms with Crippen molar-refractivity contribution in [2.24, 2.45) is 0 Å². The molecule has 0 fully saturated rings. The summed E-state index contributed by atoms with van der Waals surface area (Å²) >= 11 is 1.71. The van der Waals surface area contributed by atoms with Crippen LogP contribution >= 0.6 is 11.3 Å². The molecule has 2 aromatic rings. The Hall–Kier alpha value is -1.26. The van der Waals surface area contributed by atoms with E-state index in [9.17, 15) is 0 Å². The molecular formula is C14H19N3S. The zero-order valence-corrected chi connectivity index (χ0v) is 11.9. The lowest BCUT2D eigenvalue weighted by molar-refractivity contribution is 0.246. The largest absolute Gasteiger partial charge is 0.297 e. The second-order valence-electron chi connectivity index (χ2n) is 4.72. The Labute approximate surface area is 113 Å². The Morgan fingerprint density at radius 2 is 2.17 bits per heavy atom. The maximum Gasteiger partial charge on any atom is 0.107 e. The number of hydrogen-bond donors (Lipinski definition) is 0. The molecule has 0 bridgehead atoms. The molecule has 2 aromatic heterocycles. The molecule has 18 heavy (non-hydrogen) atoms. The SMILES string of the molecule is Cc1ccnc(CC(C)N(C)Cc2nccs2)c1.